The van der Waals surface area contributed by atoms with Gasteiger partial charge in [-0.05, 0) is 45.0 Å². The van der Waals surface area contributed by atoms with Crippen LogP contribution in [0.1, 0.15) is 26.6 Å². The minimum atomic E-state index is -0.524. The summed E-state index contributed by atoms with van der Waals surface area (Å²) in [6.45, 7) is 8.41. The average Bonchev–Trinajstić information content (AvgIpc) is 3.14. The molecule has 0 radical (unpaired) electrons. The van der Waals surface area contributed by atoms with Crippen molar-refractivity contribution in [3.63, 3.8) is 0 Å². The molecule has 2 heterocycles. The van der Waals surface area contributed by atoms with E-state index in [0.717, 1.165) is 17.9 Å². The van der Waals surface area contributed by atoms with E-state index in [1.54, 1.807) is 7.11 Å². The Balaban J connectivity index is 1.50. The van der Waals surface area contributed by atoms with Crippen LogP contribution in [-0.4, -0.2) is 66.2 Å². The quantitative estimate of drug-likeness (QED) is 0.784. The lowest BCUT2D eigenvalue weighted by molar-refractivity contribution is -0.0321. The highest BCUT2D eigenvalue weighted by atomic mass is 16.6. The number of ether oxygens (including phenoxy) is 3. The monoisotopic (exact) mass is 404 g/mol. The molecule has 1 aliphatic heterocycles. The Morgan fingerprint density at radius 1 is 1.31 bits per heavy atom. The summed E-state index contributed by atoms with van der Waals surface area (Å²) in [6.07, 6.45) is -0.565. The first-order valence-corrected chi connectivity index (χ1v) is 9.60. The van der Waals surface area contributed by atoms with Crippen molar-refractivity contribution < 1.29 is 23.5 Å². The van der Waals surface area contributed by atoms with E-state index in [9.17, 15) is 4.79 Å². The number of benzene rings is 1. The maximum atomic E-state index is 11.8. The molecule has 1 fully saturated rings. The molecule has 1 aliphatic rings. The fourth-order valence-electron chi connectivity index (χ4n) is 2.93. The summed E-state index contributed by atoms with van der Waals surface area (Å²) in [4.78, 5) is 18.5. The van der Waals surface area contributed by atoms with Gasteiger partial charge in [0.05, 0.1) is 26.4 Å². The summed E-state index contributed by atoms with van der Waals surface area (Å²) in [5.41, 5.74) is 0.315. The molecule has 3 rings (SSSR count). The van der Waals surface area contributed by atoms with Gasteiger partial charge in [0, 0.05) is 25.2 Å². The number of rotatable bonds is 6. The molecule has 2 aromatic rings. The molecule has 1 N–H and O–H groups in total. The number of methoxy groups -OCH3 is 1. The molecule has 9 nitrogen and oxygen atoms in total. The molecule has 0 spiro atoms. The van der Waals surface area contributed by atoms with Crippen molar-refractivity contribution in [3.05, 3.63) is 30.1 Å². The van der Waals surface area contributed by atoms with Crippen molar-refractivity contribution in [3.8, 4) is 17.2 Å². The van der Waals surface area contributed by atoms with Crippen molar-refractivity contribution in [1.82, 2.24) is 20.4 Å². The van der Waals surface area contributed by atoms with Crippen molar-refractivity contribution in [2.24, 2.45) is 0 Å². The Morgan fingerprint density at radius 2 is 2.07 bits per heavy atom. The van der Waals surface area contributed by atoms with Crippen LogP contribution in [0.15, 0.2) is 28.8 Å². The zero-order valence-electron chi connectivity index (χ0n) is 17.3. The summed E-state index contributed by atoms with van der Waals surface area (Å²) >= 11 is 0. The van der Waals surface area contributed by atoms with E-state index < -0.39 is 11.7 Å². The first-order chi connectivity index (χ1) is 13.8. The molecule has 1 unspecified atom stereocenters. The molecular weight excluding hydrogens is 376 g/mol. The Kier molecular flexibility index (Phi) is 6.71. The Bertz CT molecular complexity index is 800. The Morgan fingerprint density at radius 3 is 2.76 bits per heavy atom. The van der Waals surface area contributed by atoms with E-state index in [1.807, 2.05) is 45.0 Å². The van der Waals surface area contributed by atoms with Crippen LogP contribution < -0.4 is 10.1 Å². The van der Waals surface area contributed by atoms with Crippen LogP contribution in [0.4, 0.5) is 4.79 Å². The summed E-state index contributed by atoms with van der Waals surface area (Å²) in [5, 5.41) is 6.83. The van der Waals surface area contributed by atoms with E-state index >= 15 is 0 Å². The number of amides is 1. The predicted octanol–water partition coefficient (Wildman–Crippen LogP) is 2.47. The molecule has 9 heteroatoms. The zero-order valence-corrected chi connectivity index (χ0v) is 17.3. The van der Waals surface area contributed by atoms with Crippen LogP contribution in [0.25, 0.3) is 11.5 Å². The van der Waals surface area contributed by atoms with E-state index in [-0.39, 0.29) is 6.10 Å². The fraction of sp³-hybridized carbons (Fsp3) is 0.550. The number of nitrogens with one attached hydrogen (secondary N) is 1. The molecule has 1 aromatic heterocycles. The zero-order chi connectivity index (χ0) is 20.9. The number of hydrogen-bond acceptors (Lipinski definition) is 8. The van der Waals surface area contributed by atoms with Gasteiger partial charge in [-0.3, -0.25) is 4.90 Å². The summed E-state index contributed by atoms with van der Waals surface area (Å²) in [5.74, 6) is 1.85. The van der Waals surface area contributed by atoms with Gasteiger partial charge < -0.3 is 24.1 Å². The average molecular weight is 404 g/mol. The van der Waals surface area contributed by atoms with Crippen molar-refractivity contribution >= 4 is 6.09 Å². The van der Waals surface area contributed by atoms with Crippen LogP contribution in [0.2, 0.25) is 0 Å². The highest BCUT2D eigenvalue weighted by Crippen LogP contribution is 2.21. The molecule has 0 saturated carbocycles. The first-order valence-electron chi connectivity index (χ1n) is 9.60. The molecule has 1 amide bonds. The second-order valence-corrected chi connectivity index (χ2v) is 7.85. The molecule has 0 bridgehead atoms. The van der Waals surface area contributed by atoms with Crippen LogP contribution in [0.3, 0.4) is 0 Å². The molecular formula is C20H28N4O5. The molecule has 29 heavy (non-hydrogen) atoms. The van der Waals surface area contributed by atoms with Gasteiger partial charge in [0.1, 0.15) is 11.4 Å². The topological polar surface area (TPSA) is 99.0 Å². The van der Waals surface area contributed by atoms with Gasteiger partial charge in [-0.15, -0.1) is 0 Å². The predicted molar refractivity (Wildman–Crippen MR) is 106 cm³/mol. The Labute approximate surface area is 170 Å². The molecule has 0 aliphatic carbocycles. The highest BCUT2D eigenvalue weighted by Gasteiger charge is 2.24. The SMILES string of the molecule is COc1ccc(-c2nc(CN3CCOC(CNC(=O)OC(C)(C)C)C3)no2)cc1. The van der Waals surface area contributed by atoms with Gasteiger partial charge in [0.15, 0.2) is 5.82 Å². The summed E-state index contributed by atoms with van der Waals surface area (Å²) in [6, 6.07) is 7.46. The van der Waals surface area contributed by atoms with E-state index in [1.165, 1.54) is 0 Å². The smallest absolute Gasteiger partial charge is 0.407 e. The van der Waals surface area contributed by atoms with Crippen LogP contribution in [0.5, 0.6) is 5.75 Å². The van der Waals surface area contributed by atoms with E-state index in [2.05, 4.69) is 20.4 Å². The maximum absolute atomic E-state index is 11.8. The third-order valence-electron chi connectivity index (χ3n) is 4.27. The van der Waals surface area contributed by atoms with E-state index in [0.29, 0.717) is 38.0 Å². The maximum Gasteiger partial charge on any atom is 0.407 e. The van der Waals surface area contributed by atoms with Crippen LogP contribution in [-0.2, 0) is 16.0 Å². The lowest BCUT2D eigenvalue weighted by atomic mass is 10.2. The number of hydrogen-bond donors (Lipinski definition) is 1. The standard InChI is InChI=1S/C20H28N4O5/c1-20(2,3)28-19(25)21-11-16-12-24(9-10-27-16)13-17-22-18(29-23-17)14-5-7-15(26-4)8-6-14/h5-8,16H,9-13H2,1-4H3,(H,21,25). The largest absolute Gasteiger partial charge is 0.497 e. The van der Waals surface area contributed by atoms with Gasteiger partial charge >= 0.3 is 6.09 Å². The summed E-state index contributed by atoms with van der Waals surface area (Å²) < 4.78 is 21.5. The highest BCUT2D eigenvalue weighted by molar-refractivity contribution is 5.67. The molecule has 1 aromatic carbocycles. The van der Waals surface area contributed by atoms with Crippen molar-refractivity contribution in [2.45, 2.75) is 39.0 Å². The van der Waals surface area contributed by atoms with Gasteiger partial charge in [0.2, 0.25) is 0 Å². The van der Waals surface area contributed by atoms with Crippen LogP contribution in [0, 0.1) is 0 Å². The summed E-state index contributed by atoms with van der Waals surface area (Å²) in [7, 11) is 1.62. The number of aromatic nitrogens is 2. The first kappa shape index (κ1) is 21.1. The number of carbonyl (C=O) groups excluding carboxylic acids is 1. The van der Waals surface area contributed by atoms with Crippen molar-refractivity contribution in [2.75, 3.05) is 33.4 Å². The molecule has 1 atom stereocenters. The lowest BCUT2D eigenvalue weighted by Crippen LogP contribution is -2.47. The second-order valence-electron chi connectivity index (χ2n) is 7.85. The number of alkyl carbamates (subject to hydrolysis) is 1. The minimum absolute atomic E-state index is 0.121. The molecule has 1 saturated heterocycles. The third kappa shape index (κ3) is 6.43. The number of nitrogens with zero attached hydrogens (tertiary/aromatic N) is 3. The van der Waals surface area contributed by atoms with Gasteiger partial charge in [-0.25, -0.2) is 4.79 Å². The van der Waals surface area contributed by atoms with Crippen molar-refractivity contribution in [1.29, 1.82) is 0 Å². The number of carbonyl (C=O) groups is 1. The fourth-order valence-corrected chi connectivity index (χ4v) is 2.93. The van der Waals surface area contributed by atoms with E-state index in [4.69, 9.17) is 18.7 Å². The number of morpholine rings is 1. The third-order valence-corrected chi connectivity index (χ3v) is 4.27. The minimum Gasteiger partial charge on any atom is -0.497 e. The Hall–Kier alpha value is -2.65. The van der Waals surface area contributed by atoms with Gasteiger partial charge in [-0.2, -0.15) is 4.98 Å². The van der Waals surface area contributed by atoms with Crippen LogP contribution >= 0.6 is 0 Å². The normalized spacial score (nSPS) is 17.7. The second kappa shape index (κ2) is 9.23. The molecule has 158 valence electrons. The lowest BCUT2D eigenvalue weighted by Gasteiger charge is -2.32. The van der Waals surface area contributed by atoms with Gasteiger partial charge in [0.25, 0.3) is 5.89 Å². The van der Waals surface area contributed by atoms with Gasteiger partial charge in [-0.1, -0.05) is 5.16 Å².